The van der Waals surface area contributed by atoms with Crippen LogP contribution >= 0.6 is 24.8 Å². The van der Waals surface area contributed by atoms with E-state index in [1.807, 2.05) is 18.2 Å². The van der Waals surface area contributed by atoms with E-state index in [9.17, 15) is 9.59 Å². The molecule has 0 aliphatic heterocycles. The van der Waals surface area contributed by atoms with Gasteiger partial charge in [-0.15, -0.1) is 24.8 Å². The smallest absolute Gasteiger partial charge is 0.315 e. The van der Waals surface area contributed by atoms with Gasteiger partial charge in [0.15, 0.2) is 5.90 Å². The second kappa shape index (κ2) is 18.1. The molecule has 2 aliphatic carbocycles. The molecule has 3 rings (SSSR count). The third-order valence-corrected chi connectivity index (χ3v) is 4.82. The summed E-state index contributed by atoms with van der Waals surface area (Å²) in [6.45, 7) is 0. The molecule has 2 saturated carbocycles. The molecule has 0 unspecified atom stereocenters. The van der Waals surface area contributed by atoms with Crippen molar-refractivity contribution in [1.29, 1.82) is 10.8 Å². The van der Waals surface area contributed by atoms with E-state index < -0.39 is 0 Å². The third kappa shape index (κ3) is 14.4. The second-order valence-electron chi connectivity index (χ2n) is 7.51. The first-order valence-corrected chi connectivity index (χ1v) is 10.4. The van der Waals surface area contributed by atoms with Crippen LogP contribution in [0.5, 0.6) is 5.75 Å². The van der Waals surface area contributed by atoms with Crippen LogP contribution in [0.4, 0.5) is 0 Å². The minimum Gasteiger partial charge on any atom is -0.462 e. The molecule has 0 aromatic heterocycles. The number of carbonyl (C=O) groups excluding carboxylic acids is 2. The van der Waals surface area contributed by atoms with Crippen molar-refractivity contribution in [2.24, 2.45) is 5.73 Å². The molecular formula is C22H36Cl2N4O5. The summed E-state index contributed by atoms with van der Waals surface area (Å²) in [6, 6.07) is 9.00. The van der Waals surface area contributed by atoms with Gasteiger partial charge in [0.2, 0.25) is 0 Å². The molecule has 33 heavy (non-hydrogen) atoms. The van der Waals surface area contributed by atoms with E-state index in [-0.39, 0.29) is 79.7 Å². The number of nitrogens with two attached hydrogens (primary N) is 1. The van der Waals surface area contributed by atoms with Crippen LogP contribution < -0.4 is 16.6 Å². The molecule has 7 N–H and O–H groups in total. The normalized spacial score (nSPS) is 14.8. The van der Waals surface area contributed by atoms with Crippen LogP contribution in [-0.2, 0) is 19.1 Å². The Morgan fingerprint density at radius 2 is 1.24 bits per heavy atom. The molecule has 2 aliphatic rings. The summed E-state index contributed by atoms with van der Waals surface area (Å²) in [5.41, 5.74) is 5.05. The highest BCUT2D eigenvalue weighted by molar-refractivity contribution is 5.95. The fraction of sp³-hybridized carbons (Fsp3) is 0.545. The van der Waals surface area contributed by atoms with Crippen molar-refractivity contribution in [3.05, 3.63) is 30.3 Å². The lowest BCUT2D eigenvalue weighted by Gasteiger charge is -2.11. The number of nitrogens with one attached hydrogen (secondary N) is 2. The van der Waals surface area contributed by atoms with Crippen molar-refractivity contribution in [2.45, 2.75) is 76.4 Å². The van der Waals surface area contributed by atoms with E-state index in [4.69, 9.17) is 30.8 Å². The fourth-order valence-corrected chi connectivity index (χ4v) is 3.42. The summed E-state index contributed by atoms with van der Waals surface area (Å²) in [5.74, 6) is -0.379. The Balaban J connectivity index is 0. The number of hydrogen-bond donors (Lipinski definition) is 4. The number of ether oxygens (including phenoxy) is 3. The van der Waals surface area contributed by atoms with Crippen molar-refractivity contribution in [2.75, 3.05) is 0 Å². The number of rotatable bonds is 7. The molecule has 9 nitrogen and oxygen atoms in total. The molecule has 1 aromatic carbocycles. The summed E-state index contributed by atoms with van der Waals surface area (Å²) in [6.07, 6.45) is 8.27. The van der Waals surface area contributed by atoms with E-state index in [2.05, 4.69) is 0 Å². The van der Waals surface area contributed by atoms with Crippen LogP contribution in [0.25, 0.3) is 0 Å². The lowest BCUT2D eigenvalue weighted by molar-refractivity contribution is -0.148. The zero-order chi connectivity index (χ0) is 21.8. The molecule has 0 heterocycles. The Morgan fingerprint density at radius 1 is 0.818 bits per heavy atom. The average Bonchev–Trinajstić information content (AvgIpc) is 3.36. The minimum atomic E-state index is -0.372. The van der Waals surface area contributed by atoms with Gasteiger partial charge in [-0.25, -0.2) is 0 Å². The van der Waals surface area contributed by atoms with Crippen LogP contribution in [0.1, 0.15) is 64.2 Å². The monoisotopic (exact) mass is 506 g/mol. The SMILES string of the molecule is Cl.Cl.N.N=C(CC(=O)OC1CCCC1)Oc1ccccc1.N=C(N)CC(=O)OC1CCCC1. The van der Waals surface area contributed by atoms with Crippen LogP contribution in [0.15, 0.2) is 30.3 Å². The number of para-hydroxylation sites is 1. The van der Waals surface area contributed by atoms with Gasteiger partial charge in [-0.05, 0) is 63.5 Å². The molecule has 0 spiro atoms. The Bertz CT molecular complexity index is 725. The maximum atomic E-state index is 11.6. The Labute approximate surface area is 207 Å². The molecule has 0 atom stereocenters. The van der Waals surface area contributed by atoms with Gasteiger partial charge in [0.1, 0.15) is 36.6 Å². The van der Waals surface area contributed by atoms with Gasteiger partial charge < -0.3 is 26.1 Å². The summed E-state index contributed by atoms with van der Waals surface area (Å²) < 4.78 is 15.6. The van der Waals surface area contributed by atoms with Crippen molar-refractivity contribution in [1.82, 2.24) is 6.15 Å². The molecule has 0 radical (unpaired) electrons. The third-order valence-electron chi connectivity index (χ3n) is 4.82. The van der Waals surface area contributed by atoms with E-state index in [0.29, 0.717) is 5.75 Å². The van der Waals surface area contributed by atoms with Gasteiger partial charge in [0.05, 0.1) is 0 Å². The summed E-state index contributed by atoms with van der Waals surface area (Å²) in [7, 11) is 0. The van der Waals surface area contributed by atoms with Crippen LogP contribution in [0.2, 0.25) is 0 Å². The highest BCUT2D eigenvalue weighted by atomic mass is 35.5. The second-order valence-corrected chi connectivity index (χ2v) is 7.51. The molecule has 0 amide bonds. The number of esters is 2. The maximum absolute atomic E-state index is 11.6. The number of carbonyl (C=O) groups is 2. The van der Waals surface area contributed by atoms with Crippen LogP contribution in [0, 0.1) is 10.8 Å². The summed E-state index contributed by atoms with van der Waals surface area (Å²) in [4.78, 5) is 22.5. The molecule has 11 heteroatoms. The number of halogens is 2. The minimum absolute atomic E-state index is 0. The summed E-state index contributed by atoms with van der Waals surface area (Å²) in [5, 5.41) is 14.5. The largest absolute Gasteiger partial charge is 0.462 e. The Morgan fingerprint density at radius 3 is 1.67 bits per heavy atom. The van der Waals surface area contributed by atoms with Gasteiger partial charge in [-0.2, -0.15) is 0 Å². The zero-order valence-electron chi connectivity index (χ0n) is 18.8. The van der Waals surface area contributed by atoms with Gasteiger partial charge in [0, 0.05) is 0 Å². The van der Waals surface area contributed by atoms with Gasteiger partial charge in [-0.1, -0.05) is 18.2 Å². The Kier molecular flexibility index (Phi) is 18.0. The van der Waals surface area contributed by atoms with Crippen molar-refractivity contribution < 1.29 is 23.8 Å². The first kappa shape index (κ1) is 32.8. The molecule has 188 valence electrons. The molecule has 1 aromatic rings. The number of hydrogen-bond acceptors (Lipinski definition) is 8. The molecular weight excluding hydrogens is 471 g/mol. The maximum Gasteiger partial charge on any atom is 0.315 e. The summed E-state index contributed by atoms with van der Waals surface area (Å²) >= 11 is 0. The molecule has 0 bridgehead atoms. The Hall–Kier alpha value is -2.36. The standard InChI is InChI=1S/C14H17NO3.C8H14N2O2.2ClH.H3N/c15-13(17-11-6-2-1-3-7-11)10-14(16)18-12-8-4-5-9-12;9-7(10)5-8(11)12-6-3-1-2-4-6;;;/h1-3,6-7,12,15H,4-5,8-10H2;6H,1-5H2,(H3,9,10);2*1H;1H3. The van der Waals surface area contributed by atoms with Gasteiger partial charge in [-0.3, -0.25) is 20.4 Å². The van der Waals surface area contributed by atoms with E-state index in [1.165, 1.54) is 0 Å². The van der Waals surface area contributed by atoms with E-state index in [0.717, 1.165) is 51.4 Å². The van der Waals surface area contributed by atoms with Gasteiger partial charge >= 0.3 is 11.9 Å². The first-order valence-electron chi connectivity index (χ1n) is 10.4. The fourth-order valence-electron chi connectivity index (χ4n) is 3.42. The number of amidine groups is 1. The number of benzene rings is 1. The lowest BCUT2D eigenvalue weighted by Crippen LogP contribution is -2.21. The van der Waals surface area contributed by atoms with Gasteiger partial charge in [0.25, 0.3) is 0 Å². The topological polar surface area (TPSA) is 171 Å². The average molecular weight is 507 g/mol. The predicted molar refractivity (Wildman–Crippen MR) is 132 cm³/mol. The van der Waals surface area contributed by atoms with E-state index in [1.54, 1.807) is 12.1 Å². The van der Waals surface area contributed by atoms with Crippen LogP contribution in [0.3, 0.4) is 0 Å². The van der Waals surface area contributed by atoms with Crippen LogP contribution in [-0.4, -0.2) is 35.9 Å². The quantitative estimate of drug-likeness (QED) is 0.235. The zero-order valence-corrected chi connectivity index (χ0v) is 20.4. The van der Waals surface area contributed by atoms with E-state index >= 15 is 0 Å². The van der Waals surface area contributed by atoms with Crippen molar-refractivity contribution in [3.8, 4) is 5.75 Å². The highest BCUT2D eigenvalue weighted by Gasteiger charge is 2.20. The highest BCUT2D eigenvalue weighted by Crippen LogP contribution is 2.22. The first-order chi connectivity index (χ1) is 14.4. The molecule has 0 saturated heterocycles. The van der Waals surface area contributed by atoms with Crippen molar-refractivity contribution in [3.63, 3.8) is 0 Å². The molecule has 2 fully saturated rings. The van der Waals surface area contributed by atoms with Crippen molar-refractivity contribution >= 4 is 48.5 Å². The lowest BCUT2D eigenvalue weighted by atomic mass is 10.3. The predicted octanol–water partition coefficient (Wildman–Crippen LogP) is 4.72.